The predicted octanol–water partition coefficient (Wildman–Crippen LogP) is -0.396. The number of ether oxygens (including phenoxy) is 3. The van der Waals surface area contributed by atoms with Crippen LogP contribution in [0.1, 0.15) is 20.8 Å². The molecule has 0 aromatic carbocycles. The van der Waals surface area contributed by atoms with Gasteiger partial charge in [-0.25, -0.2) is 0 Å². The van der Waals surface area contributed by atoms with Crippen LogP contribution in [0.4, 0.5) is 0 Å². The van der Waals surface area contributed by atoms with E-state index in [2.05, 4.69) is 0 Å². The Balaban J connectivity index is 2.15. The van der Waals surface area contributed by atoms with E-state index in [1.165, 1.54) is 0 Å². The Hall–Kier alpha value is -0.200. The van der Waals surface area contributed by atoms with Gasteiger partial charge >= 0.3 is 0 Å². The maximum atomic E-state index is 9.51. The molecule has 0 spiro atoms. The monoisotopic (exact) mass is 204 g/mol. The molecular weight excluding hydrogens is 188 g/mol. The van der Waals surface area contributed by atoms with E-state index in [-0.39, 0.29) is 6.10 Å². The Kier molecular flexibility index (Phi) is 2.32. The third kappa shape index (κ3) is 1.55. The lowest BCUT2D eigenvalue weighted by Gasteiger charge is -2.23. The van der Waals surface area contributed by atoms with Gasteiger partial charge in [-0.3, -0.25) is 0 Å². The second-order valence-electron chi connectivity index (χ2n) is 4.30. The van der Waals surface area contributed by atoms with Crippen molar-refractivity contribution in [1.82, 2.24) is 0 Å². The van der Waals surface area contributed by atoms with Crippen LogP contribution in [0, 0.1) is 0 Å². The van der Waals surface area contributed by atoms with Gasteiger partial charge in [0.2, 0.25) is 0 Å². The molecule has 2 N–H and O–H groups in total. The van der Waals surface area contributed by atoms with E-state index in [0.717, 1.165) is 0 Å². The summed E-state index contributed by atoms with van der Waals surface area (Å²) in [4.78, 5) is 0. The van der Waals surface area contributed by atoms with Crippen molar-refractivity contribution >= 4 is 0 Å². The van der Waals surface area contributed by atoms with Crippen LogP contribution in [-0.4, -0.2) is 46.7 Å². The van der Waals surface area contributed by atoms with Crippen LogP contribution < -0.4 is 0 Å². The SMILES string of the molecule is C[C@H](O)[C@@H]1O[C@@H](O)[C@@H]2OC(C)(C)O[C@H]12. The number of hydrogen-bond donors (Lipinski definition) is 2. The largest absolute Gasteiger partial charge is 0.391 e. The second-order valence-corrected chi connectivity index (χ2v) is 4.30. The molecule has 2 rings (SSSR count). The van der Waals surface area contributed by atoms with Crippen LogP contribution in [0.5, 0.6) is 0 Å². The molecule has 2 saturated heterocycles. The summed E-state index contributed by atoms with van der Waals surface area (Å²) in [6, 6.07) is 0. The minimum Gasteiger partial charge on any atom is -0.391 e. The van der Waals surface area contributed by atoms with Crippen LogP contribution in [-0.2, 0) is 14.2 Å². The molecule has 5 atom stereocenters. The molecule has 2 fully saturated rings. The van der Waals surface area contributed by atoms with E-state index >= 15 is 0 Å². The summed E-state index contributed by atoms with van der Waals surface area (Å²) in [5, 5.41) is 18.9. The van der Waals surface area contributed by atoms with E-state index in [0.29, 0.717) is 0 Å². The molecule has 14 heavy (non-hydrogen) atoms. The van der Waals surface area contributed by atoms with Gasteiger partial charge in [-0.05, 0) is 20.8 Å². The first kappa shape index (κ1) is 10.3. The summed E-state index contributed by atoms with van der Waals surface area (Å²) in [6.07, 6.45) is -3.10. The van der Waals surface area contributed by atoms with Gasteiger partial charge in [0.1, 0.15) is 18.3 Å². The van der Waals surface area contributed by atoms with Crippen LogP contribution in [0.15, 0.2) is 0 Å². The highest BCUT2D eigenvalue weighted by Crippen LogP contribution is 2.38. The minimum atomic E-state index is -1.01. The number of aliphatic hydroxyl groups excluding tert-OH is 2. The molecule has 0 bridgehead atoms. The molecule has 0 aliphatic carbocycles. The molecule has 2 heterocycles. The third-order valence-corrected chi connectivity index (χ3v) is 2.54. The first-order valence-corrected chi connectivity index (χ1v) is 4.78. The molecule has 5 nitrogen and oxygen atoms in total. The summed E-state index contributed by atoms with van der Waals surface area (Å²) in [5.41, 5.74) is 0. The van der Waals surface area contributed by atoms with Gasteiger partial charge in [-0.15, -0.1) is 0 Å². The molecule has 0 amide bonds. The molecule has 0 aromatic heterocycles. The zero-order chi connectivity index (χ0) is 10.5. The zero-order valence-electron chi connectivity index (χ0n) is 8.51. The van der Waals surface area contributed by atoms with E-state index < -0.39 is 30.4 Å². The highest BCUT2D eigenvalue weighted by Gasteiger charge is 2.55. The number of aliphatic hydroxyl groups is 2. The molecule has 0 aromatic rings. The molecule has 2 aliphatic heterocycles. The lowest BCUT2D eigenvalue weighted by atomic mass is 10.1. The summed E-state index contributed by atoms with van der Waals surface area (Å²) in [6.45, 7) is 5.16. The van der Waals surface area contributed by atoms with E-state index in [1.807, 2.05) is 0 Å². The lowest BCUT2D eigenvalue weighted by Crippen LogP contribution is -2.36. The van der Waals surface area contributed by atoms with Crippen molar-refractivity contribution in [2.24, 2.45) is 0 Å². The van der Waals surface area contributed by atoms with Gasteiger partial charge in [0.15, 0.2) is 12.1 Å². The van der Waals surface area contributed by atoms with E-state index in [1.54, 1.807) is 20.8 Å². The van der Waals surface area contributed by atoms with Crippen molar-refractivity contribution in [3.05, 3.63) is 0 Å². The van der Waals surface area contributed by atoms with Gasteiger partial charge in [-0.2, -0.15) is 0 Å². The topological polar surface area (TPSA) is 68.2 Å². The Bertz CT molecular complexity index is 225. The summed E-state index contributed by atoms with van der Waals surface area (Å²) >= 11 is 0. The fourth-order valence-electron chi connectivity index (χ4n) is 2.00. The average molecular weight is 204 g/mol. The highest BCUT2D eigenvalue weighted by molar-refractivity contribution is 4.96. The van der Waals surface area contributed by atoms with Gasteiger partial charge in [-0.1, -0.05) is 0 Å². The molecule has 5 heteroatoms. The van der Waals surface area contributed by atoms with Crippen molar-refractivity contribution in [2.75, 3.05) is 0 Å². The standard InChI is InChI=1S/C9H16O5/c1-4(10)5-6-7(8(11)12-5)14-9(2,3)13-6/h4-8,10-11H,1-3H3/t4-,5-,6+,7+,8+/m0/s1. The van der Waals surface area contributed by atoms with Crippen LogP contribution in [0.25, 0.3) is 0 Å². The van der Waals surface area contributed by atoms with Crippen LogP contribution in [0.2, 0.25) is 0 Å². The van der Waals surface area contributed by atoms with E-state index in [9.17, 15) is 10.2 Å². The fourth-order valence-corrected chi connectivity index (χ4v) is 2.00. The van der Waals surface area contributed by atoms with Crippen LogP contribution in [0.3, 0.4) is 0 Å². The number of fused-ring (bicyclic) bond motifs is 1. The Morgan fingerprint density at radius 3 is 2.36 bits per heavy atom. The molecule has 2 aliphatic rings. The lowest BCUT2D eigenvalue weighted by molar-refractivity contribution is -0.229. The molecule has 0 unspecified atom stereocenters. The fraction of sp³-hybridized carbons (Fsp3) is 1.00. The highest BCUT2D eigenvalue weighted by atomic mass is 16.8. The quantitative estimate of drug-likeness (QED) is 0.608. The molecule has 82 valence electrons. The summed E-state index contributed by atoms with van der Waals surface area (Å²) in [7, 11) is 0. The summed E-state index contributed by atoms with van der Waals surface area (Å²) < 4.78 is 16.1. The van der Waals surface area contributed by atoms with Crippen molar-refractivity contribution in [3.8, 4) is 0 Å². The van der Waals surface area contributed by atoms with Crippen molar-refractivity contribution < 1.29 is 24.4 Å². The smallest absolute Gasteiger partial charge is 0.184 e. The zero-order valence-corrected chi connectivity index (χ0v) is 8.51. The summed E-state index contributed by atoms with van der Waals surface area (Å²) in [5.74, 6) is -0.715. The first-order valence-electron chi connectivity index (χ1n) is 4.78. The molecular formula is C9H16O5. The second kappa shape index (κ2) is 3.15. The number of rotatable bonds is 1. The maximum Gasteiger partial charge on any atom is 0.184 e. The van der Waals surface area contributed by atoms with Crippen molar-refractivity contribution in [1.29, 1.82) is 0 Å². The van der Waals surface area contributed by atoms with Crippen molar-refractivity contribution in [2.45, 2.75) is 57.3 Å². The van der Waals surface area contributed by atoms with Crippen LogP contribution >= 0.6 is 0 Å². The Morgan fingerprint density at radius 2 is 1.79 bits per heavy atom. The predicted molar refractivity (Wildman–Crippen MR) is 46.4 cm³/mol. The van der Waals surface area contributed by atoms with Gasteiger partial charge < -0.3 is 24.4 Å². The Labute approximate surface area is 82.6 Å². The number of hydrogen-bond acceptors (Lipinski definition) is 5. The maximum absolute atomic E-state index is 9.51. The average Bonchev–Trinajstić information content (AvgIpc) is 2.47. The Morgan fingerprint density at radius 1 is 1.21 bits per heavy atom. The van der Waals surface area contributed by atoms with Gasteiger partial charge in [0.05, 0.1) is 6.10 Å². The minimum absolute atomic E-state index is 0.389. The molecule has 0 radical (unpaired) electrons. The van der Waals surface area contributed by atoms with E-state index in [4.69, 9.17) is 14.2 Å². The third-order valence-electron chi connectivity index (χ3n) is 2.54. The van der Waals surface area contributed by atoms with Crippen molar-refractivity contribution in [3.63, 3.8) is 0 Å². The van der Waals surface area contributed by atoms with Gasteiger partial charge in [0, 0.05) is 0 Å². The first-order chi connectivity index (χ1) is 6.41. The molecule has 0 saturated carbocycles. The normalized spacial score (nSPS) is 47.8. The van der Waals surface area contributed by atoms with Gasteiger partial charge in [0.25, 0.3) is 0 Å².